The van der Waals surface area contributed by atoms with Crippen LogP contribution < -0.4 is 10.0 Å². The number of aromatic nitrogens is 1. The maximum Gasteiger partial charge on any atom is 0.263 e. The van der Waals surface area contributed by atoms with Gasteiger partial charge in [-0.1, -0.05) is 24.2 Å². The quantitative estimate of drug-likeness (QED) is 0.853. The van der Waals surface area contributed by atoms with Gasteiger partial charge in [0.25, 0.3) is 10.0 Å². The van der Waals surface area contributed by atoms with E-state index in [4.69, 9.17) is 0 Å². The van der Waals surface area contributed by atoms with Gasteiger partial charge in [-0.2, -0.15) is 0 Å². The maximum absolute atomic E-state index is 12.1. The number of nitrogens with one attached hydrogen (secondary N) is 2. The highest BCUT2D eigenvalue weighted by atomic mass is 32.2. The summed E-state index contributed by atoms with van der Waals surface area (Å²) in [5, 5.41) is 6.79. The molecule has 108 valence electrons. The van der Waals surface area contributed by atoms with Crippen LogP contribution in [0.4, 0.5) is 5.82 Å². The number of hydrogen-bond donors (Lipinski definition) is 2. The van der Waals surface area contributed by atoms with E-state index in [9.17, 15) is 8.42 Å². The second kappa shape index (κ2) is 6.06. The Hall–Kier alpha value is -1.86. The second-order valence-corrected chi connectivity index (χ2v) is 6.02. The van der Waals surface area contributed by atoms with Gasteiger partial charge in [-0.3, -0.25) is 4.72 Å². The highest BCUT2D eigenvalue weighted by Gasteiger charge is 2.16. The van der Waals surface area contributed by atoms with Crippen LogP contribution in [0.15, 0.2) is 46.0 Å². The third kappa shape index (κ3) is 3.37. The molecular weight excluding hydrogens is 278 g/mol. The Balaban J connectivity index is 2.16. The molecule has 0 spiro atoms. The van der Waals surface area contributed by atoms with Gasteiger partial charge in [0.15, 0.2) is 5.82 Å². The van der Waals surface area contributed by atoms with Crippen LogP contribution in [-0.4, -0.2) is 20.1 Å². The molecule has 0 aliphatic rings. The number of benzene rings is 1. The lowest BCUT2D eigenvalue weighted by atomic mass is 10.1. The van der Waals surface area contributed by atoms with E-state index in [0.717, 1.165) is 12.1 Å². The van der Waals surface area contributed by atoms with E-state index in [1.54, 1.807) is 24.3 Å². The number of sulfonamides is 1. The number of rotatable bonds is 6. The van der Waals surface area contributed by atoms with E-state index in [2.05, 4.69) is 19.7 Å². The highest BCUT2D eigenvalue weighted by molar-refractivity contribution is 7.92. The van der Waals surface area contributed by atoms with Crippen LogP contribution in [0.2, 0.25) is 0 Å². The number of nitrogens with zero attached hydrogens (tertiary/aromatic N) is 1. The largest absolute Gasteiger partial charge is 0.363 e. The third-order valence-electron chi connectivity index (χ3n) is 2.88. The molecule has 7 heteroatoms. The first kappa shape index (κ1) is 14.5. The van der Waals surface area contributed by atoms with E-state index < -0.39 is 10.0 Å². The molecule has 2 rings (SSSR count). The van der Waals surface area contributed by atoms with Gasteiger partial charge in [-0.15, -0.1) is 0 Å². The van der Waals surface area contributed by atoms with Crippen molar-refractivity contribution in [2.24, 2.45) is 0 Å². The summed E-state index contributed by atoms with van der Waals surface area (Å²) in [6.45, 7) is 4.91. The van der Waals surface area contributed by atoms with Gasteiger partial charge >= 0.3 is 0 Å². The molecule has 0 aliphatic carbocycles. The Bertz CT molecular complexity index is 636. The van der Waals surface area contributed by atoms with Gasteiger partial charge in [0.2, 0.25) is 0 Å². The highest BCUT2D eigenvalue weighted by Crippen LogP contribution is 2.18. The van der Waals surface area contributed by atoms with Crippen LogP contribution in [0.25, 0.3) is 0 Å². The zero-order valence-corrected chi connectivity index (χ0v) is 12.1. The van der Waals surface area contributed by atoms with Crippen molar-refractivity contribution in [3.05, 3.63) is 42.2 Å². The van der Waals surface area contributed by atoms with Gasteiger partial charge < -0.3 is 9.84 Å². The summed E-state index contributed by atoms with van der Waals surface area (Å²) in [5.41, 5.74) is 1.03. The Morgan fingerprint density at radius 3 is 2.50 bits per heavy atom. The smallest absolute Gasteiger partial charge is 0.263 e. The normalized spacial score (nSPS) is 13.1. The molecule has 1 aromatic heterocycles. The molecule has 0 radical (unpaired) electrons. The topological polar surface area (TPSA) is 84.2 Å². The minimum absolute atomic E-state index is 0.162. The molecule has 1 atom stereocenters. The Morgan fingerprint density at radius 2 is 1.95 bits per heavy atom. The Labute approximate surface area is 118 Å². The molecule has 1 unspecified atom stereocenters. The van der Waals surface area contributed by atoms with Crippen LogP contribution in [0.3, 0.4) is 0 Å². The molecule has 2 aromatic rings. The molecule has 0 aliphatic heterocycles. The molecule has 0 amide bonds. The second-order valence-electron chi connectivity index (χ2n) is 4.34. The summed E-state index contributed by atoms with van der Waals surface area (Å²) < 4.78 is 31.1. The maximum atomic E-state index is 12.1. The molecule has 1 heterocycles. The van der Waals surface area contributed by atoms with Crippen LogP contribution in [0, 0.1) is 0 Å². The van der Waals surface area contributed by atoms with Crippen molar-refractivity contribution in [1.29, 1.82) is 0 Å². The fourth-order valence-electron chi connectivity index (χ4n) is 1.82. The molecule has 1 aromatic carbocycles. The fourth-order valence-corrected chi connectivity index (χ4v) is 2.81. The minimum atomic E-state index is -3.63. The first-order valence-electron chi connectivity index (χ1n) is 6.29. The lowest BCUT2D eigenvalue weighted by Gasteiger charge is -2.13. The van der Waals surface area contributed by atoms with Gasteiger partial charge in [-0.05, 0) is 31.2 Å². The molecule has 6 nitrogen and oxygen atoms in total. The standard InChI is InChI=1S/C13H17N3O3S/c1-3-14-10(2)11-4-6-12(7-5-11)20(17,18)16-13-8-9-19-15-13/h4-10,14H,3H2,1-2H3,(H,15,16). The predicted octanol–water partition coefficient (Wildman–Crippen LogP) is 2.15. The van der Waals surface area contributed by atoms with Gasteiger partial charge in [0.1, 0.15) is 6.26 Å². The predicted molar refractivity (Wildman–Crippen MR) is 75.8 cm³/mol. The zero-order valence-electron chi connectivity index (χ0n) is 11.3. The van der Waals surface area contributed by atoms with Crippen LogP contribution in [-0.2, 0) is 10.0 Å². The minimum Gasteiger partial charge on any atom is -0.363 e. The lowest BCUT2D eigenvalue weighted by Crippen LogP contribution is -2.18. The molecule has 0 saturated carbocycles. The number of hydrogen-bond acceptors (Lipinski definition) is 5. The molecular formula is C13H17N3O3S. The monoisotopic (exact) mass is 295 g/mol. The van der Waals surface area contributed by atoms with E-state index >= 15 is 0 Å². The van der Waals surface area contributed by atoms with Crippen molar-refractivity contribution in [2.75, 3.05) is 11.3 Å². The summed E-state index contributed by atoms with van der Waals surface area (Å²) in [4.78, 5) is 0.188. The first-order chi connectivity index (χ1) is 9.53. The average molecular weight is 295 g/mol. The van der Waals surface area contributed by atoms with Crippen LogP contribution in [0.1, 0.15) is 25.5 Å². The molecule has 2 N–H and O–H groups in total. The summed E-state index contributed by atoms with van der Waals surface area (Å²) in [5.74, 6) is 0.162. The summed E-state index contributed by atoms with van der Waals surface area (Å²) in [6.07, 6.45) is 1.30. The SMILES string of the molecule is CCNC(C)c1ccc(S(=O)(=O)Nc2ccon2)cc1. The van der Waals surface area contributed by atoms with Crippen molar-refractivity contribution < 1.29 is 12.9 Å². The van der Waals surface area contributed by atoms with Gasteiger partial charge in [-0.25, -0.2) is 8.42 Å². The fraction of sp³-hybridized carbons (Fsp3) is 0.308. The number of anilines is 1. The van der Waals surface area contributed by atoms with Crippen molar-refractivity contribution in [3.63, 3.8) is 0 Å². The molecule has 20 heavy (non-hydrogen) atoms. The van der Waals surface area contributed by atoms with E-state index in [1.807, 2.05) is 13.8 Å². The van der Waals surface area contributed by atoms with E-state index in [1.165, 1.54) is 12.3 Å². The van der Waals surface area contributed by atoms with Crippen molar-refractivity contribution in [3.8, 4) is 0 Å². The van der Waals surface area contributed by atoms with Crippen molar-refractivity contribution in [2.45, 2.75) is 24.8 Å². The summed E-state index contributed by atoms with van der Waals surface area (Å²) in [7, 11) is -3.63. The Kier molecular flexibility index (Phi) is 4.41. The van der Waals surface area contributed by atoms with Crippen molar-refractivity contribution in [1.82, 2.24) is 10.5 Å². The van der Waals surface area contributed by atoms with E-state index in [0.29, 0.717) is 0 Å². The first-order valence-corrected chi connectivity index (χ1v) is 7.78. The Morgan fingerprint density at radius 1 is 1.25 bits per heavy atom. The molecule has 0 bridgehead atoms. The summed E-state index contributed by atoms with van der Waals surface area (Å²) in [6, 6.07) is 8.37. The third-order valence-corrected chi connectivity index (χ3v) is 4.25. The lowest BCUT2D eigenvalue weighted by molar-refractivity contribution is 0.423. The molecule has 0 saturated heterocycles. The average Bonchev–Trinajstić information content (AvgIpc) is 2.91. The van der Waals surface area contributed by atoms with Gasteiger partial charge in [0.05, 0.1) is 4.90 Å². The zero-order chi connectivity index (χ0) is 14.6. The van der Waals surface area contributed by atoms with Crippen LogP contribution >= 0.6 is 0 Å². The van der Waals surface area contributed by atoms with Gasteiger partial charge in [0, 0.05) is 12.1 Å². The summed E-state index contributed by atoms with van der Waals surface area (Å²) >= 11 is 0. The van der Waals surface area contributed by atoms with Crippen LogP contribution in [0.5, 0.6) is 0 Å². The van der Waals surface area contributed by atoms with E-state index in [-0.39, 0.29) is 16.8 Å². The van der Waals surface area contributed by atoms with Crippen molar-refractivity contribution >= 4 is 15.8 Å². The molecule has 0 fully saturated rings.